The van der Waals surface area contributed by atoms with Crippen LogP contribution in [0.25, 0.3) is 0 Å². The van der Waals surface area contributed by atoms with Crippen molar-refractivity contribution in [3.63, 3.8) is 0 Å². The highest BCUT2D eigenvalue weighted by molar-refractivity contribution is 7.89. The first kappa shape index (κ1) is 14.0. The third-order valence-corrected chi connectivity index (χ3v) is 4.30. The van der Waals surface area contributed by atoms with Crippen LogP contribution in [0.15, 0.2) is 21.6 Å². The molecule has 0 aromatic carbocycles. The molecule has 3 N–H and O–H groups in total. The van der Waals surface area contributed by atoms with Crippen molar-refractivity contribution in [2.75, 3.05) is 20.1 Å². The lowest BCUT2D eigenvalue weighted by Gasteiger charge is -2.23. The molecule has 0 atom stereocenters. The van der Waals surface area contributed by atoms with E-state index in [1.54, 1.807) is 0 Å². The second-order valence-corrected chi connectivity index (χ2v) is 6.14. The predicted molar refractivity (Wildman–Crippen MR) is 68.3 cm³/mol. The zero-order chi connectivity index (χ0) is 13.9. The molecule has 1 amide bonds. The van der Waals surface area contributed by atoms with Gasteiger partial charge in [0.2, 0.25) is 5.09 Å². The third-order valence-electron chi connectivity index (χ3n) is 3.01. The number of amides is 1. The lowest BCUT2D eigenvalue weighted by molar-refractivity contribution is 0.0896. The summed E-state index contributed by atoms with van der Waals surface area (Å²) in [6.45, 7) is 1.73. The Kier molecular flexibility index (Phi) is 4.23. The molecule has 1 fully saturated rings. The van der Waals surface area contributed by atoms with Crippen LogP contribution in [0.3, 0.4) is 0 Å². The number of hydrogen-bond donors (Lipinski definition) is 3. The van der Waals surface area contributed by atoms with Crippen LogP contribution in [-0.2, 0) is 10.0 Å². The molecule has 1 aromatic heterocycles. The van der Waals surface area contributed by atoms with Crippen LogP contribution in [0.1, 0.15) is 23.4 Å². The highest BCUT2D eigenvalue weighted by atomic mass is 32.2. The minimum atomic E-state index is -3.65. The van der Waals surface area contributed by atoms with Crippen molar-refractivity contribution in [3.8, 4) is 0 Å². The number of rotatable bonds is 4. The van der Waals surface area contributed by atoms with Gasteiger partial charge in [0.05, 0.1) is 0 Å². The highest BCUT2D eigenvalue weighted by Gasteiger charge is 2.22. The first-order valence-corrected chi connectivity index (χ1v) is 7.56. The van der Waals surface area contributed by atoms with Gasteiger partial charge >= 0.3 is 0 Å². The Bertz CT molecular complexity index is 546. The maximum atomic E-state index is 11.9. The number of nitrogens with one attached hydrogen (secondary N) is 3. The van der Waals surface area contributed by atoms with Gasteiger partial charge in [0.1, 0.15) is 0 Å². The normalized spacial score (nSPS) is 17.3. The summed E-state index contributed by atoms with van der Waals surface area (Å²) in [6.07, 6.45) is 1.71. The van der Waals surface area contributed by atoms with Crippen molar-refractivity contribution < 1.29 is 17.6 Å². The van der Waals surface area contributed by atoms with Gasteiger partial charge in [-0.15, -0.1) is 0 Å². The lowest BCUT2D eigenvalue weighted by Crippen LogP contribution is -2.42. The van der Waals surface area contributed by atoms with Crippen LogP contribution in [0, 0.1) is 0 Å². The van der Waals surface area contributed by atoms with Gasteiger partial charge in [0.15, 0.2) is 5.76 Å². The molecule has 0 saturated carbocycles. The van der Waals surface area contributed by atoms with Crippen molar-refractivity contribution >= 4 is 15.9 Å². The van der Waals surface area contributed by atoms with Crippen molar-refractivity contribution in [1.82, 2.24) is 15.4 Å². The molecule has 2 heterocycles. The molecule has 0 bridgehead atoms. The Morgan fingerprint density at radius 1 is 1.37 bits per heavy atom. The Morgan fingerprint density at radius 3 is 2.68 bits per heavy atom. The maximum absolute atomic E-state index is 11.9. The van der Waals surface area contributed by atoms with Crippen LogP contribution in [0.5, 0.6) is 0 Å². The van der Waals surface area contributed by atoms with Gasteiger partial charge in [-0.1, -0.05) is 0 Å². The molecule has 0 aliphatic carbocycles. The van der Waals surface area contributed by atoms with Gasteiger partial charge in [0.25, 0.3) is 15.9 Å². The Hall–Kier alpha value is -1.38. The SMILES string of the molecule is CNS(=O)(=O)c1ccc(C(=O)NC2CCNCC2)o1. The summed E-state index contributed by atoms with van der Waals surface area (Å²) in [5, 5.41) is 5.77. The van der Waals surface area contributed by atoms with Crippen LogP contribution in [0.2, 0.25) is 0 Å². The molecule has 106 valence electrons. The second-order valence-electron chi connectivity index (χ2n) is 4.32. The molecular formula is C11H17N3O4S. The average Bonchev–Trinajstić information content (AvgIpc) is 2.90. The fourth-order valence-electron chi connectivity index (χ4n) is 1.91. The lowest BCUT2D eigenvalue weighted by atomic mass is 10.1. The Labute approximate surface area is 111 Å². The van der Waals surface area contributed by atoms with Crippen LogP contribution in [0.4, 0.5) is 0 Å². The van der Waals surface area contributed by atoms with E-state index in [2.05, 4.69) is 15.4 Å². The molecule has 1 saturated heterocycles. The predicted octanol–water partition coefficient (Wildman–Crippen LogP) is -0.330. The first-order valence-electron chi connectivity index (χ1n) is 6.08. The minimum Gasteiger partial charge on any atom is -0.438 e. The first-order chi connectivity index (χ1) is 9.03. The molecule has 0 radical (unpaired) electrons. The zero-order valence-electron chi connectivity index (χ0n) is 10.6. The molecule has 19 heavy (non-hydrogen) atoms. The number of hydrogen-bond acceptors (Lipinski definition) is 5. The number of furan rings is 1. The van der Waals surface area contributed by atoms with E-state index in [4.69, 9.17) is 4.42 Å². The Morgan fingerprint density at radius 2 is 2.05 bits per heavy atom. The molecule has 1 aliphatic rings. The smallest absolute Gasteiger partial charge is 0.287 e. The summed E-state index contributed by atoms with van der Waals surface area (Å²) in [6, 6.07) is 2.73. The largest absolute Gasteiger partial charge is 0.438 e. The topological polar surface area (TPSA) is 100 Å². The fraction of sp³-hybridized carbons (Fsp3) is 0.545. The molecule has 8 heteroatoms. The van der Waals surface area contributed by atoms with Crippen molar-refractivity contribution in [3.05, 3.63) is 17.9 Å². The van der Waals surface area contributed by atoms with Gasteiger partial charge in [-0.05, 0) is 45.1 Å². The quantitative estimate of drug-likeness (QED) is 0.704. The van der Waals surface area contributed by atoms with E-state index in [1.807, 2.05) is 0 Å². The summed E-state index contributed by atoms with van der Waals surface area (Å²) >= 11 is 0. The zero-order valence-corrected chi connectivity index (χ0v) is 11.4. The van der Waals surface area contributed by atoms with Gasteiger partial charge < -0.3 is 15.1 Å². The van der Waals surface area contributed by atoms with E-state index in [0.717, 1.165) is 25.9 Å². The highest BCUT2D eigenvalue weighted by Crippen LogP contribution is 2.14. The van der Waals surface area contributed by atoms with Crippen molar-refractivity contribution in [2.24, 2.45) is 0 Å². The van der Waals surface area contributed by atoms with Crippen LogP contribution < -0.4 is 15.4 Å². The van der Waals surface area contributed by atoms with E-state index in [-0.39, 0.29) is 22.8 Å². The number of carbonyl (C=O) groups excluding carboxylic acids is 1. The van der Waals surface area contributed by atoms with E-state index in [1.165, 1.54) is 19.2 Å². The minimum absolute atomic E-state index is 0.00681. The van der Waals surface area contributed by atoms with Crippen LogP contribution in [-0.4, -0.2) is 40.5 Å². The van der Waals surface area contributed by atoms with E-state index < -0.39 is 10.0 Å². The standard InChI is InChI=1S/C11H17N3O4S/c1-12-19(16,17)10-3-2-9(18-10)11(15)14-8-4-6-13-7-5-8/h2-3,8,12-13H,4-7H2,1H3,(H,14,15). The summed E-state index contributed by atoms with van der Waals surface area (Å²) < 4.78 is 30.2. The molecule has 0 unspecified atom stereocenters. The molecule has 7 nitrogen and oxygen atoms in total. The van der Waals surface area contributed by atoms with Gasteiger partial charge in [-0.3, -0.25) is 4.79 Å². The average molecular weight is 287 g/mol. The van der Waals surface area contributed by atoms with Crippen LogP contribution >= 0.6 is 0 Å². The molecular weight excluding hydrogens is 270 g/mol. The van der Waals surface area contributed by atoms with Gasteiger partial charge in [0, 0.05) is 6.04 Å². The number of carbonyl (C=O) groups is 1. The van der Waals surface area contributed by atoms with E-state index in [0.29, 0.717) is 0 Å². The van der Waals surface area contributed by atoms with Crippen molar-refractivity contribution in [1.29, 1.82) is 0 Å². The maximum Gasteiger partial charge on any atom is 0.287 e. The number of sulfonamides is 1. The summed E-state index contributed by atoms with van der Waals surface area (Å²) in [4.78, 5) is 11.9. The van der Waals surface area contributed by atoms with E-state index in [9.17, 15) is 13.2 Å². The molecule has 1 aliphatic heterocycles. The van der Waals surface area contributed by atoms with E-state index >= 15 is 0 Å². The molecule has 2 rings (SSSR count). The van der Waals surface area contributed by atoms with Crippen molar-refractivity contribution in [2.45, 2.75) is 24.0 Å². The second kappa shape index (κ2) is 5.72. The fourth-order valence-corrected chi connectivity index (χ4v) is 2.56. The summed E-state index contributed by atoms with van der Waals surface area (Å²) in [5.74, 6) is -0.378. The summed E-state index contributed by atoms with van der Waals surface area (Å²) in [5.41, 5.74) is 0. The molecule has 1 aromatic rings. The van der Waals surface area contributed by atoms with Gasteiger partial charge in [-0.25, -0.2) is 13.1 Å². The monoisotopic (exact) mass is 287 g/mol. The summed E-state index contributed by atoms with van der Waals surface area (Å²) in [7, 11) is -2.37. The van der Waals surface area contributed by atoms with Gasteiger partial charge in [-0.2, -0.15) is 0 Å². The number of piperidine rings is 1. The molecule has 0 spiro atoms. The third kappa shape index (κ3) is 3.34. The Balaban J connectivity index is 2.04.